The molecule has 1 nitrogen and oxygen atoms in total. The molecule has 1 fully saturated rings. The predicted octanol–water partition coefficient (Wildman–Crippen LogP) is 3.83. The fraction of sp³-hybridized carbons (Fsp3) is 1.00. The second-order valence-corrected chi connectivity index (χ2v) is 5.86. The average Bonchev–Trinajstić information content (AvgIpc) is 2.40. The molecule has 1 heteroatoms. The number of likely N-dealkylation sites (tertiary alicyclic amines) is 1. The van der Waals surface area contributed by atoms with Gasteiger partial charge in [0.05, 0.1) is 26.2 Å². The van der Waals surface area contributed by atoms with Crippen molar-refractivity contribution in [2.75, 3.05) is 26.2 Å². The Morgan fingerprint density at radius 3 is 2.07 bits per heavy atom. The normalized spacial score (nSPS) is 21.6. The lowest BCUT2D eigenvalue weighted by atomic mass is 10.1. The van der Waals surface area contributed by atoms with Gasteiger partial charge in [0.2, 0.25) is 0 Å². The molecule has 0 bridgehead atoms. The maximum Gasteiger partial charge on any atom is 0.0809 e. The highest BCUT2D eigenvalue weighted by atomic mass is 15.3. The van der Waals surface area contributed by atoms with Crippen molar-refractivity contribution in [1.29, 1.82) is 0 Å². The second-order valence-electron chi connectivity index (χ2n) is 5.86. The van der Waals surface area contributed by atoms with Gasteiger partial charge in [-0.25, -0.2) is 0 Å². The zero-order valence-corrected chi connectivity index (χ0v) is 11.1. The van der Waals surface area contributed by atoms with E-state index in [2.05, 4.69) is 20.8 Å². The molecule has 0 aromatic heterocycles. The van der Waals surface area contributed by atoms with E-state index in [1.54, 1.807) is 0 Å². The number of hydrogen-bond donors (Lipinski definition) is 0. The summed E-state index contributed by atoms with van der Waals surface area (Å²) >= 11 is 0. The quantitative estimate of drug-likeness (QED) is 0.608. The van der Waals surface area contributed by atoms with Crippen LogP contribution in [0.4, 0.5) is 0 Å². The molecule has 0 saturated carbocycles. The van der Waals surface area contributed by atoms with Crippen LogP contribution in [-0.2, 0) is 0 Å². The first-order valence-electron chi connectivity index (χ1n) is 7.03. The summed E-state index contributed by atoms with van der Waals surface area (Å²) in [5, 5.41) is 0. The van der Waals surface area contributed by atoms with Crippen LogP contribution in [0.3, 0.4) is 0 Å². The Bertz CT molecular complexity index is 155. The molecule has 0 aromatic rings. The molecule has 1 heterocycles. The standard InChI is InChI=1S/C14H30N/c1-4-5-10-15(13-14(2)3)11-8-6-7-9-12-15/h14H,4-13H2,1-3H3/q+1. The molecular formula is C14H30N+. The van der Waals surface area contributed by atoms with Crippen LogP contribution in [0.15, 0.2) is 0 Å². The molecule has 0 unspecified atom stereocenters. The highest BCUT2D eigenvalue weighted by molar-refractivity contribution is 4.56. The van der Waals surface area contributed by atoms with E-state index in [-0.39, 0.29) is 0 Å². The van der Waals surface area contributed by atoms with E-state index in [0.717, 1.165) is 5.92 Å². The third-order valence-corrected chi connectivity index (χ3v) is 3.75. The maximum absolute atomic E-state index is 2.39. The molecule has 90 valence electrons. The summed E-state index contributed by atoms with van der Waals surface area (Å²) in [4.78, 5) is 0. The number of nitrogens with zero attached hydrogens (tertiary/aromatic N) is 1. The Morgan fingerprint density at radius 2 is 1.60 bits per heavy atom. The van der Waals surface area contributed by atoms with Gasteiger partial charge in [0.15, 0.2) is 0 Å². The summed E-state index contributed by atoms with van der Waals surface area (Å²) in [6, 6.07) is 0. The summed E-state index contributed by atoms with van der Waals surface area (Å²) in [5.74, 6) is 0.861. The minimum absolute atomic E-state index is 0.861. The van der Waals surface area contributed by atoms with Crippen LogP contribution in [0.1, 0.15) is 59.3 Å². The summed E-state index contributed by atoms with van der Waals surface area (Å²) in [7, 11) is 0. The Labute approximate surface area is 96.4 Å². The molecular weight excluding hydrogens is 182 g/mol. The largest absolute Gasteiger partial charge is 0.323 e. The van der Waals surface area contributed by atoms with E-state index < -0.39 is 0 Å². The van der Waals surface area contributed by atoms with Gasteiger partial charge in [-0.15, -0.1) is 0 Å². The minimum Gasteiger partial charge on any atom is -0.323 e. The summed E-state index contributed by atoms with van der Waals surface area (Å²) in [6.07, 6.45) is 8.67. The fourth-order valence-corrected chi connectivity index (χ4v) is 3.13. The van der Waals surface area contributed by atoms with Crippen LogP contribution in [-0.4, -0.2) is 30.7 Å². The predicted molar refractivity (Wildman–Crippen MR) is 67.9 cm³/mol. The first-order chi connectivity index (χ1) is 7.18. The summed E-state index contributed by atoms with van der Waals surface area (Å²) in [6.45, 7) is 12.9. The molecule has 0 spiro atoms. The molecule has 0 N–H and O–H groups in total. The number of quaternary nitrogens is 1. The smallest absolute Gasteiger partial charge is 0.0809 e. The maximum atomic E-state index is 2.39. The van der Waals surface area contributed by atoms with Gasteiger partial charge in [-0.2, -0.15) is 0 Å². The first kappa shape index (κ1) is 13.0. The van der Waals surface area contributed by atoms with Gasteiger partial charge < -0.3 is 4.48 Å². The molecule has 0 aliphatic carbocycles. The van der Waals surface area contributed by atoms with Crippen molar-refractivity contribution >= 4 is 0 Å². The number of hydrogen-bond acceptors (Lipinski definition) is 0. The van der Waals surface area contributed by atoms with Crippen molar-refractivity contribution in [1.82, 2.24) is 0 Å². The molecule has 0 radical (unpaired) electrons. The van der Waals surface area contributed by atoms with Gasteiger partial charge in [-0.3, -0.25) is 0 Å². The van der Waals surface area contributed by atoms with Crippen molar-refractivity contribution < 1.29 is 4.48 Å². The number of unbranched alkanes of at least 4 members (excludes halogenated alkanes) is 1. The van der Waals surface area contributed by atoms with E-state index in [1.807, 2.05) is 0 Å². The highest BCUT2D eigenvalue weighted by Gasteiger charge is 2.28. The molecule has 15 heavy (non-hydrogen) atoms. The van der Waals surface area contributed by atoms with Crippen LogP contribution < -0.4 is 0 Å². The van der Waals surface area contributed by atoms with Crippen molar-refractivity contribution in [2.24, 2.45) is 5.92 Å². The van der Waals surface area contributed by atoms with Crippen LogP contribution in [0.2, 0.25) is 0 Å². The van der Waals surface area contributed by atoms with Crippen molar-refractivity contribution in [2.45, 2.75) is 59.3 Å². The first-order valence-corrected chi connectivity index (χ1v) is 7.03. The van der Waals surface area contributed by atoms with Gasteiger partial charge in [-0.05, 0) is 32.1 Å². The zero-order valence-electron chi connectivity index (χ0n) is 11.1. The molecule has 1 saturated heterocycles. The Balaban J connectivity index is 2.55. The van der Waals surface area contributed by atoms with E-state index in [0.29, 0.717) is 0 Å². The van der Waals surface area contributed by atoms with Crippen LogP contribution >= 0.6 is 0 Å². The molecule has 1 rings (SSSR count). The lowest BCUT2D eigenvalue weighted by Gasteiger charge is -2.39. The van der Waals surface area contributed by atoms with Crippen LogP contribution in [0, 0.1) is 5.92 Å². The Morgan fingerprint density at radius 1 is 1.00 bits per heavy atom. The fourth-order valence-electron chi connectivity index (χ4n) is 3.13. The van der Waals surface area contributed by atoms with Crippen LogP contribution in [0.25, 0.3) is 0 Å². The second kappa shape index (κ2) is 6.52. The van der Waals surface area contributed by atoms with E-state index in [9.17, 15) is 0 Å². The monoisotopic (exact) mass is 212 g/mol. The Kier molecular flexibility index (Phi) is 5.66. The topological polar surface area (TPSA) is 0 Å². The SMILES string of the molecule is CCCC[N+]1(CC(C)C)CCCCCC1. The minimum atomic E-state index is 0.861. The van der Waals surface area contributed by atoms with E-state index in [1.165, 1.54) is 69.2 Å². The van der Waals surface area contributed by atoms with Gasteiger partial charge in [0.1, 0.15) is 0 Å². The molecule has 1 aliphatic heterocycles. The lowest BCUT2D eigenvalue weighted by Crippen LogP contribution is -2.51. The highest BCUT2D eigenvalue weighted by Crippen LogP contribution is 2.21. The van der Waals surface area contributed by atoms with Gasteiger partial charge in [0.25, 0.3) is 0 Å². The van der Waals surface area contributed by atoms with Gasteiger partial charge in [0, 0.05) is 5.92 Å². The molecule has 0 aromatic carbocycles. The molecule has 0 atom stereocenters. The van der Waals surface area contributed by atoms with Crippen LogP contribution in [0.5, 0.6) is 0 Å². The van der Waals surface area contributed by atoms with Crippen molar-refractivity contribution in [3.63, 3.8) is 0 Å². The third-order valence-electron chi connectivity index (χ3n) is 3.75. The average molecular weight is 212 g/mol. The van der Waals surface area contributed by atoms with Crippen molar-refractivity contribution in [3.8, 4) is 0 Å². The Hall–Kier alpha value is -0.0400. The third kappa shape index (κ3) is 4.55. The zero-order chi connectivity index (χ0) is 11.1. The summed E-state index contributed by atoms with van der Waals surface area (Å²) in [5.41, 5.74) is 0. The van der Waals surface area contributed by atoms with Gasteiger partial charge >= 0.3 is 0 Å². The lowest BCUT2D eigenvalue weighted by molar-refractivity contribution is -0.930. The van der Waals surface area contributed by atoms with E-state index in [4.69, 9.17) is 0 Å². The molecule has 0 amide bonds. The van der Waals surface area contributed by atoms with Gasteiger partial charge in [-0.1, -0.05) is 27.2 Å². The molecule has 1 aliphatic rings. The number of rotatable bonds is 5. The summed E-state index contributed by atoms with van der Waals surface area (Å²) < 4.78 is 1.44. The van der Waals surface area contributed by atoms with Crippen molar-refractivity contribution in [3.05, 3.63) is 0 Å². The van der Waals surface area contributed by atoms with E-state index >= 15 is 0 Å².